The lowest BCUT2D eigenvalue weighted by molar-refractivity contribution is -0.121. The summed E-state index contributed by atoms with van der Waals surface area (Å²) >= 11 is 3.46. The molecule has 1 unspecified atom stereocenters. The SMILES string of the molecule is Cc1ccc(NC(=O)C2CCCN(S(=O)(=O)c3cc4c(cc3C)NC(=O)CO4)C2)c(Br)c1. The monoisotopic (exact) mass is 521 g/mol. The van der Waals surface area contributed by atoms with E-state index in [1.165, 1.54) is 10.4 Å². The molecule has 0 aliphatic carbocycles. The lowest BCUT2D eigenvalue weighted by atomic mass is 9.98. The molecule has 2 amide bonds. The predicted molar refractivity (Wildman–Crippen MR) is 124 cm³/mol. The zero-order chi connectivity index (χ0) is 23.0. The third-order valence-corrected chi connectivity index (χ3v) is 8.33. The molecule has 2 aliphatic rings. The third kappa shape index (κ3) is 4.53. The number of rotatable bonds is 4. The third-order valence-electron chi connectivity index (χ3n) is 5.67. The first-order chi connectivity index (χ1) is 15.1. The van der Waals surface area contributed by atoms with Gasteiger partial charge in [0, 0.05) is 23.6 Å². The molecule has 4 rings (SSSR count). The molecule has 1 fully saturated rings. The molecule has 10 heteroatoms. The number of aryl methyl sites for hydroxylation is 2. The van der Waals surface area contributed by atoms with Gasteiger partial charge in [0.25, 0.3) is 5.91 Å². The Morgan fingerprint density at radius 3 is 2.78 bits per heavy atom. The van der Waals surface area contributed by atoms with Crippen LogP contribution in [0.15, 0.2) is 39.7 Å². The average molecular weight is 522 g/mol. The van der Waals surface area contributed by atoms with Gasteiger partial charge in [0.1, 0.15) is 5.75 Å². The van der Waals surface area contributed by atoms with E-state index >= 15 is 0 Å². The Morgan fingerprint density at radius 1 is 1.25 bits per heavy atom. The quantitative estimate of drug-likeness (QED) is 0.641. The topological polar surface area (TPSA) is 105 Å². The number of hydrogen-bond acceptors (Lipinski definition) is 5. The van der Waals surface area contributed by atoms with Crippen molar-refractivity contribution in [1.82, 2.24) is 4.31 Å². The van der Waals surface area contributed by atoms with Crippen molar-refractivity contribution in [2.45, 2.75) is 31.6 Å². The molecule has 0 bridgehead atoms. The number of ether oxygens (including phenoxy) is 1. The van der Waals surface area contributed by atoms with Gasteiger partial charge >= 0.3 is 0 Å². The Hall–Kier alpha value is -2.43. The molecule has 2 aromatic rings. The summed E-state index contributed by atoms with van der Waals surface area (Å²) in [6.07, 6.45) is 1.20. The summed E-state index contributed by atoms with van der Waals surface area (Å²) in [6.45, 7) is 3.93. The van der Waals surface area contributed by atoms with E-state index in [0.29, 0.717) is 42.1 Å². The number of anilines is 2. The van der Waals surface area contributed by atoms with Crippen LogP contribution in [0, 0.1) is 19.8 Å². The molecule has 2 aromatic carbocycles. The van der Waals surface area contributed by atoms with Crippen molar-refractivity contribution in [3.8, 4) is 5.75 Å². The normalized spacial score (nSPS) is 19.0. The number of hydrogen-bond donors (Lipinski definition) is 2. The fourth-order valence-electron chi connectivity index (χ4n) is 3.96. The van der Waals surface area contributed by atoms with Crippen LogP contribution in [0.3, 0.4) is 0 Å². The summed E-state index contributed by atoms with van der Waals surface area (Å²) in [4.78, 5) is 24.5. The molecule has 170 valence electrons. The number of halogens is 1. The number of nitrogens with zero attached hydrogens (tertiary/aromatic N) is 1. The van der Waals surface area contributed by atoms with Crippen molar-refractivity contribution in [2.75, 3.05) is 30.3 Å². The molecule has 1 atom stereocenters. The van der Waals surface area contributed by atoms with Crippen molar-refractivity contribution in [3.05, 3.63) is 45.9 Å². The fraction of sp³-hybridized carbons (Fsp3) is 0.364. The maximum absolute atomic E-state index is 13.4. The number of fused-ring (bicyclic) bond motifs is 1. The number of piperidine rings is 1. The number of nitrogens with one attached hydrogen (secondary N) is 2. The number of sulfonamides is 1. The van der Waals surface area contributed by atoms with E-state index in [2.05, 4.69) is 26.6 Å². The highest BCUT2D eigenvalue weighted by atomic mass is 79.9. The van der Waals surface area contributed by atoms with Crippen LogP contribution >= 0.6 is 15.9 Å². The van der Waals surface area contributed by atoms with Crippen LogP contribution in [0.4, 0.5) is 11.4 Å². The Kier molecular flexibility index (Phi) is 6.28. The molecule has 2 heterocycles. The van der Waals surface area contributed by atoms with Crippen LogP contribution in [0.25, 0.3) is 0 Å². The standard InChI is InChI=1S/C22H24BrN3O5S/c1-13-5-6-17(16(23)8-13)25-22(28)15-4-3-7-26(11-15)32(29,30)20-10-19-18(9-14(20)2)24-21(27)12-31-19/h5-6,8-10,15H,3-4,7,11-12H2,1-2H3,(H,24,27)(H,25,28). The van der Waals surface area contributed by atoms with Crippen molar-refractivity contribution in [2.24, 2.45) is 5.92 Å². The van der Waals surface area contributed by atoms with E-state index < -0.39 is 15.9 Å². The molecular formula is C22H24BrN3O5S. The summed E-state index contributed by atoms with van der Waals surface area (Å²) < 4.78 is 34.4. The molecule has 8 nitrogen and oxygen atoms in total. The molecular weight excluding hydrogens is 498 g/mol. The van der Waals surface area contributed by atoms with Crippen LogP contribution in [0.5, 0.6) is 5.75 Å². The summed E-state index contributed by atoms with van der Waals surface area (Å²) in [5, 5.41) is 5.59. The molecule has 0 saturated carbocycles. The van der Waals surface area contributed by atoms with Gasteiger partial charge in [-0.25, -0.2) is 8.42 Å². The van der Waals surface area contributed by atoms with Crippen LogP contribution in [0.1, 0.15) is 24.0 Å². The Balaban J connectivity index is 1.53. The van der Waals surface area contributed by atoms with Crippen molar-refractivity contribution in [1.29, 1.82) is 0 Å². The van der Waals surface area contributed by atoms with E-state index in [4.69, 9.17) is 4.74 Å². The van der Waals surface area contributed by atoms with Crippen LogP contribution in [-0.2, 0) is 19.6 Å². The fourth-order valence-corrected chi connectivity index (χ4v) is 6.30. The Labute approximate surface area is 195 Å². The number of carbonyl (C=O) groups is 2. The molecule has 0 aromatic heterocycles. The summed E-state index contributed by atoms with van der Waals surface area (Å²) in [5.41, 5.74) is 2.68. The lowest BCUT2D eigenvalue weighted by Gasteiger charge is -2.32. The predicted octanol–water partition coefficient (Wildman–Crippen LogP) is 3.44. The van der Waals surface area contributed by atoms with Gasteiger partial charge < -0.3 is 15.4 Å². The summed E-state index contributed by atoms with van der Waals surface area (Å²) in [6, 6.07) is 8.69. The second-order valence-corrected chi connectivity index (χ2v) is 10.9. The molecule has 2 aliphatic heterocycles. The molecule has 0 spiro atoms. The van der Waals surface area contributed by atoms with Gasteiger partial charge in [-0.1, -0.05) is 6.07 Å². The van der Waals surface area contributed by atoms with E-state index in [1.54, 1.807) is 13.0 Å². The van der Waals surface area contributed by atoms with Crippen LogP contribution in [-0.4, -0.2) is 44.2 Å². The van der Waals surface area contributed by atoms with E-state index in [1.807, 2.05) is 25.1 Å². The molecule has 32 heavy (non-hydrogen) atoms. The van der Waals surface area contributed by atoms with Crippen molar-refractivity contribution < 1.29 is 22.7 Å². The Morgan fingerprint density at radius 2 is 2.03 bits per heavy atom. The minimum Gasteiger partial charge on any atom is -0.482 e. The smallest absolute Gasteiger partial charge is 0.262 e. The zero-order valence-electron chi connectivity index (χ0n) is 17.8. The minimum absolute atomic E-state index is 0.103. The number of benzene rings is 2. The van der Waals surface area contributed by atoms with Crippen molar-refractivity contribution in [3.63, 3.8) is 0 Å². The van der Waals surface area contributed by atoms with E-state index in [9.17, 15) is 18.0 Å². The number of carbonyl (C=O) groups excluding carboxylic acids is 2. The van der Waals surface area contributed by atoms with Gasteiger partial charge in [-0.15, -0.1) is 0 Å². The van der Waals surface area contributed by atoms with Gasteiger partial charge in [0.15, 0.2) is 6.61 Å². The van der Waals surface area contributed by atoms with Crippen LogP contribution in [0.2, 0.25) is 0 Å². The highest BCUT2D eigenvalue weighted by molar-refractivity contribution is 9.10. The largest absolute Gasteiger partial charge is 0.482 e. The van der Waals surface area contributed by atoms with Gasteiger partial charge in [0.05, 0.1) is 22.2 Å². The number of amides is 2. The van der Waals surface area contributed by atoms with E-state index in [-0.39, 0.29) is 29.9 Å². The second-order valence-electron chi connectivity index (χ2n) is 8.13. The maximum Gasteiger partial charge on any atom is 0.262 e. The Bertz CT molecular complexity index is 1200. The van der Waals surface area contributed by atoms with E-state index in [0.717, 1.165) is 10.0 Å². The molecule has 0 radical (unpaired) electrons. The first kappa shape index (κ1) is 22.8. The lowest BCUT2D eigenvalue weighted by Crippen LogP contribution is -2.44. The van der Waals surface area contributed by atoms with Gasteiger partial charge in [-0.3, -0.25) is 9.59 Å². The highest BCUT2D eigenvalue weighted by Crippen LogP contribution is 2.35. The second kappa shape index (κ2) is 8.84. The van der Waals surface area contributed by atoms with Gasteiger partial charge in [-0.05, 0) is 71.9 Å². The van der Waals surface area contributed by atoms with Gasteiger partial charge in [-0.2, -0.15) is 4.31 Å². The zero-order valence-corrected chi connectivity index (χ0v) is 20.2. The highest BCUT2D eigenvalue weighted by Gasteiger charge is 2.35. The maximum atomic E-state index is 13.4. The first-order valence-corrected chi connectivity index (χ1v) is 12.5. The average Bonchev–Trinajstić information content (AvgIpc) is 2.75. The minimum atomic E-state index is -3.84. The van der Waals surface area contributed by atoms with Gasteiger partial charge in [0.2, 0.25) is 15.9 Å². The summed E-state index contributed by atoms with van der Waals surface area (Å²) in [7, 11) is -3.84. The molecule has 2 N–H and O–H groups in total. The molecule has 1 saturated heterocycles. The summed E-state index contributed by atoms with van der Waals surface area (Å²) in [5.74, 6) is -0.621. The van der Waals surface area contributed by atoms with Crippen LogP contribution < -0.4 is 15.4 Å². The van der Waals surface area contributed by atoms with Crippen molar-refractivity contribution >= 4 is 49.1 Å². The first-order valence-electron chi connectivity index (χ1n) is 10.3.